The number of rotatable bonds is 6. The van der Waals surface area contributed by atoms with E-state index in [4.69, 9.17) is 5.73 Å². The van der Waals surface area contributed by atoms with Crippen LogP contribution in [0.4, 0.5) is 10.9 Å². The van der Waals surface area contributed by atoms with Crippen molar-refractivity contribution < 1.29 is 4.79 Å². The zero-order chi connectivity index (χ0) is 21.7. The summed E-state index contributed by atoms with van der Waals surface area (Å²) in [6.45, 7) is 3.66. The normalized spacial score (nSPS) is 11.3. The third-order valence-electron chi connectivity index (χ3n) is 4.15. The van der Waals surface area contributed by atoms with Crippen molar-refractivity contribution in [2.24, 2.45) is 0 Å². The van der Waals surface area contributed by atoms with Gasteiger partial charge in [-0.05, 0) is 18.9 Å². The van der Waals surface area contributed by atoms with Gasteiger partial charge in [0.2, 0.25) is 11.0 Å². The number of amides is 1. The Morgan fingerprint density at radius 3 is 2.50 bits per heavy atom. The van der Waals surface area contributed by atoms with Crippen molar-refractivity contribution in [1.82, 2.24) is 15.2 Å². The molecule has 0 aliphatic heterocycles. The Kier molecular flexibility index (Phi) is 6.62. The molecule has 1 amide bonds. The molecule has 0 spiro atoms. The monoisotopic (exact) mass is 435 g/mol. The molecule has 8 nitrogen and oxygen atoms in total. The van der Waals surface area contributed by atoms with E-state index in [1.54, 1.807) is 19.1 Å². The first-order chi connectivity index (χ1) is 14.5. The number of nitrogen functional groups attached to an aromatic ring is 1. The van der Waals surface area contributed by atoms with E-state index >= 15 is 0 Å². The van der Waals surface area contributed by atoms with Crippen LogP contribution in [0, 0.1) is 29.6 Å². The zero-order valence-corrected chi connectivity index (χ0v) is 17.8. The van der Waals surface area contributed by atoms with Gasteiger partial charge in [0.15, 0.2) is 0 Å². The molecule has 0 aliphatic rings. The maximum atomic E-state index is 12.7. The molecule has 2 heterocycles. The summed E-state index contributed by atoms with van der Waals surface area (Å²) in [7, 11) is 0. The number of hydrogen-bond acceptors (Lipinski definition) is 9. The van der Waals surface area contributed by atoms with Gasteiger partial charge >= 0.3 is 0 Å². The van der Waals surface area contributed by atoms with Crippen LogP contribution in [-0.4, -0.2) is 26.3 Å². The molecule has 0 aliphatic carbocycles. The summed E-state index contributed by atoms with van der Waals surface area (Å²) in [6.07, 6.45) is 0.488. The van der Waals surface area contributed by atoms with Gasteiger partial charge in [-0.15, -0.1) is 10.2 Å². The number of anilines is 2. The van der Waals surface area contributed by atoms with E-state index in [1.165, 1.54) is 11.3 Å². The highest BCUT2D eigenvalue weighted by Gasteiger charge is 2.26. The largest absolute Gasteiger partial charge is 0.383 e. The minimum absolute atomic E-state index is 0.0212. The van der Waals surface area contributed by atoms with E-state index in [0.717, 1.165) is 16.8 Å². The first-order valence-corrected chi connectivity index (χ1v) is 10.6. The Morgan fingerprint density at radius 1 is 1.23 bits per heavy atom. The second-order valence-corrected chi connectivity index (χ2v) is 8.52. The fourth-order valence-corrected chi connectivity index (χ4v) is 4.38. The van der Waals surface area contributed by atoms with E-state index in [-0.39, 0.29) is 22.9 Å². The van der Waals surface area contributed by atoms with Gasteiger partial charge in [-0.25, -0.2) is 4.98 Å². The summed E-state index contributed by atoms with van der Waals surface area (Å²) in [6, 6.07) is 13.3. The first-order valence-electron chi connectivity index (χ1n) is 8.95. The van der Waals surface area contributed by atoms with Crippen LogP contribution in [0.15, 0.2) is 35.4 Å². The van der Waals surface area contributed by atoms with Gasteiger partial charge in [0, 0.05) is 5.56 Å². The molecule has 10 heteroatoms. The average Bonchev–Trinajstić information content (AvgIpc) is 3.16. The molecule has 0 saturated heterocycles. The lowest BCUT2D eigenvalue weighted by atomic mass is 9.97. The van der Waals surface area contributed by atoms with Crippen LogP contribution in [-0.2, 0) is 4.79 Å². The van der Waals surface area contributed by atoms with E-state index in [1.807, 2.05) is 31.2 Å². The van der Waals surface area contributed by atoms with E-state index < -0.39 is 5.25 Å². The Morgan fingerprint density at radius 2 is 1.93 bits per heavy atom. The maximum Gasteiger partial charge on any atom is 0.239 e. The van der Waals surface area contributed by atoms with Gasteiger partial charge in [-0.2, -0.15) is 10.5 Å². The Hall–Kier alpha value is -3.47. The van der Waals surface area contributed by atoms with Crippen molar-refractivity contribution >= 4 is 40.0 Å². The Bertz CT molecular complexity index is 1160. The lowest BCUT2D eigenvalue weighted by Crippen LogP contribution is -2.25. The molecule has 30 heavy (non-hydrogen) atoms. The Labute approximate surface area is 181 Å². The number of nitriles is 2. The molecule has 1 atom stereocenters. The van der Waals surface area contributed by atoms with Gasteiger partial charge in [-0.3, -0.25) is 10.1 Å². The van der Waals surface area contributed by atoms with Gasteiger partial charge in [-0.1, -0.05) is 60.4 Å². The molecule has 0 bridgehead atoms. The van der Waals surface area contributed by atoms with E-state index in [9.17, 15) is 15.3 Å². The second-order valence-electron chi connectivity index (χ2n) is 6.15. The molecule has 0 unspecified atom stereocenters. The highest BCUT2D eigenvalue weighted by atomic mass is 32.2. The molecule has 150 valence electrons. The molecular weight excluding hydrogens is 418 g/mol. The molecule has 0 fully saturated rings. The van der Waals surface area contributed by atoms with Crippen LogP contribution in [0.2, 0.25) is 0 Å². The number of nitrogens with zero attached hydrogens (tertiary/aromatic N) is 5. The third kappa shape index (κ3) is 4.40. The standard InChI is InChI=1S/C20H17N7OS2/c1-3-15(18(28)25-20-27-26-11(2)29-20)30-19-14(10-22)16(12-7-5-4-6-8-12)13(9-21)17(23)24-19/h4-8,15H,3H2,1-2H3,(H2,23,24)(H,25,27,28)/t15-/m0/s1. The van der Waals surface area contributed by atoms with Crippen molar-refractivity contribution in [2.75, 3.05) is 11.1 Å². The second kappa shape index (κ2) is 9.35. The van der Waals surface area contributed by atoms with Crippen molar-refractivity contribution in [3.05, 3.63) is 46.5 Å². The molecular formula is C20H17N7OS2. The number of pyridine rings is 1. The molecule has 3 aromatic rings. The SMILES string of the molecule is CC[C@H](Sc1nc(N)c(C#N)c(-c2ccccc2)c1C#N)C(=O)Nc1nnc(C)s1. The first kappa shape index (κ1) is 21.2. The topological polar surface area (TPSA) is 141 Å². The van der Waals surface area contributed by atoms with Crippen molar-refractivity contribution in [3.63, 3.8) is 0 Å². The van der Waals surface area contributed by atoms with E-state index in [2.05, 4.69) is 26.6 Å². The number of carbonyl (C=O) groups excluding carboxylic acids is 1. The van der Waals surface area contributed by atoms with Crippen LogP contribution in [0.1, 0.15) is 29.5 Å². The van der Waals surface area contributed by atoms with Gasteiger partial charge < -0.3 is 5.73 Å². The quantitative estimate of drug-likeness (QED) is 0.558. The number of benzene rings is 1. The molecule has 1 aromatic carbocycles. The summed E-state index contributed by atoms with van der Waals surface area (Å²) < 4.78 is 0. The smallest absolute Gasteiger partial charge is 0.239 e. The van der Waals surface area contributed by atoms with Gasteiger partial charge in [0.1, 0.15) is 33.6 Å². The summed E-state index contributed by atoms with van der Waals surface area (Å²) in [5.74, 6) is -0.249. The van der Waals surface area contributed by atoms with Crippen LogP contribution < -0.4 is 11.1 Å². The fraction of sp³-hybridized carbons (Fsp3) is 0.200. The highest BCUT2D eigenvalue weighted by Crippen LogP contribution is 2.37. The summed E-state index contributed by atoms with van der Waals surface area (Å²) >= 11 is 2.42. The predicted molar refractivity (Wildman–Crippen MR) is 117 cm³/mol. The van der Waals surface area contributed by atoms with Crippen molar-refractivity contribution in [2.45, 2.75) is 30.5 Å². The highest BCUT2D eigenvalue weighted by molar-refractivity contribution is 8.00. The van der Waals surface area contributed by atoms with Gasteiger partial charge in [0.25, 0.3) is 0 Å². The summed E-state index contributed by atoms with van der Waals surface area (Å²) in [5.41, 5.74) is 7.51. The maximum absolute atomic E-state index is 12.7. The summed E-state index contributed by atoms with van der Waals surface area (Å²) in [5, 5.41) is 30.9. The van der Waals surface area contributed by atoms with Crippen LogP contribution in [0.3, 0.4) is 0 Å². The predicted octanol–water partition coefficient (Wildman–Crippen LogP) is 3.74. The number of aryl methyl sites for hydroxylation is 1. The van der Waals surface area contributed by atoms with Crippen LogP contribution in [0.5, 0.6) is 0 Å². The third-order valence-corrected chi connectivity index (χ3v) is 6.26. The summed E-state index contributed by atoms with van der Waals surface area (Å²) in [4.78, 5) is 17.0. The minimum Gasteiger partial charge on any atom is -0.383 e. The number of nitrogens with one attached hydrogen (secondary N) is 1. The average molecular weight is 436 g/mol. The van der Waals surface area contributed by atoms with Crippen LogP contribution >= 0.6 is 23.1 Å². The molecule has 3 N–H and O–H groups in total. The van der Waals surface area contributed by atoms with Crippen molar-refractivity contribution in [3.8, 4) is 23.3 Å². The number of hydrogen-bond donors (Lipinski definition) is 2. The zero-order valence-electron chi connectivity index (χ0n) is 16.2. The molecule has 3 rings (SSSR count). The number of aromatic nitrogens is 3. The van der Waals surface area contributed by atoms with E-state index in [0.29, 0.717) is 27.7 Å². The van der Waals surface area contributed by atoms with Gasteiger partial charge in [0.05, 0.1) is 10.8 Å². The lowest BCUT2D eigenvalue weighted by Gasteiger charge is -2.17. The number of carbonyl (C=O) groups is 1. The lowest BCUT2D eigenvalue weighted by molar-refractivity contribution is -0.115. The number of nitrogens with two attached hydrogens (primary N) is 1. The fourth-order valence-electron chi connectivity index (χ4n) is 2.77. The minimum atomic E-state index is -0.537. The van der Waals surface area contributed by atoms with Crippen LogP contribution in [0.25, 0.3) is 11.1 Å². The molecule has 2 aromatic heterocycles. The Balaban J connectivity index is 2.01. The van der Waals surface area contributed by atoms with Crippen molar-refractivity contribution in [1.29, 1.82) is 10.5 Å². The molecule has 0 radical (unpaired) electrons. The molecule has 0 saturated carbocycles. The number of thioether (sulfide) groups is 1.